The maximum atomic E-state index is 12.7. The van der Waals surface area contributed by atoms with Crippen molar-refractivity contribution in [2.24, 2.45) is 0 Å². The number of halogens is 1. The minimum absolute atomic E-state index is 0.218. The molecule has 140 valence electrons. The van der Waals surface area contributed by atoms with Crippen LogP contribution in [0, 0.1) is 0 Å². The molecule has 4 amide bonds. The highest BCUT2D eigenvalue weighted by Crippen LogP contribution is 2.26. The monoisotopic (exact) mass is 380 g/mol. The first-order chi connectivity index (χ1) is 12.5. The van der Waals surface area contributed by atoms with Crippen LogP contribution in [0.3, 0.4) is 0 Å². The highest BCUT2D eigenvalue weighted by atomic mass is 35.5. The van der Waals surface area contributed by atoms with Crippen molar-refractivity contribution in [3.05, 3.63) is 23.5 Å². The lowest BCUT2D eigenvalue weighted by Crippen LogP contribution is -2.60. The Morgan fingerprint density at radius 2 is 2.12 bits per heavy atom. The van der Waals surface area contributed by atoms with Gasteiger partial charge in [0.2, 0.25) is 0 Å². The predicted molar refractivity (Wildman–Crippen MR) is 93.8 cm³/mol. The third kappa shape index (κ3) is 3.75. The number of imide groups is 1. The van der Waals surface area contributed by atoms with Crippen LogP contribution in [0.4, 0.5) is 4.79 Å². The van der Waals surface area contributed by atoms with Crippen LogP contribution in [0.15, 0.2) is 18.5 Å². The minimum Gasteiger partial charge on any atom is -0.487 e. The molecule has 0 spiro atoms. The van der Waals surface area contributed by atoms with Crippen molar-refractivity contribution >= 4 is 29.4 Å². The molecule has 0 saturated carbocycles. The van der Waals surface area contributed by atoms with E-state index in [4.69, 9.17) is 16.3 Å². The van der Waals surface area contributed by atoms with Crippen LogP contribution in [-0.4, -0.2) is 76.4 Å². The van der Waals surface area contributed by atoms with Gasteiger partial charge in [0.15, 0.2) is 0 Å². The number of likely N-dealkylation sites (tertiary alicyclic amines) is 1. The number of hydrogen-bond donors (Lipinski definition) is 0. The summed E-state index contributed by atoms with van der Waals surface area (Å²) in [6.07, 6.45) is 4.38. The van der Waals surface area contributed by atoms with Crippen molar-refractivity contribution in [3.63, 3.8) is 0 Å². The molecule has 0 aliphatic carbocycles. The fourth-order valence-corrected chi connectivity index (χ4v) is 3.34. The smallest absolute Gasteiger partial charge is 0.327 e. The molecule has 0 N–H and O–H groups in total. The van der Waals surface area contributed by atoms with Crippen molar-refractivity contribution in [2.75, 3.05) is 32.7 Å². The Morgan fingerprint density at radius 1 is 1.31 bits per heavy atom. The van der Waals surface area contributed by atoms with Gasteiger partial charge in [-0.05, 0) is 19.8 Å². The molecule has 0 aromatic carbocycles. The van der Waals surface area contributed by atoms with Gasteiger partial charge in [-0.2, -0.15) is 0 Å². The summed E-state index contributed by atoms with van der Waals surface area (Å²) in [6, 6.07) is 1.24. The van der Waals surface area contributed by atoms with Crippen LogP contribution in [0.5, 0.6) is 5.75 Å². The summed E-state index contributed by atoms with van der Waals surface area (Å²) < 4.78 is 5.89. The Labute approximate surface area is 156 Å². The molecule has 8 nitrogen and oxygen atoms in total. The van der Waals surface area contributed by atoms with Gasteiger partial charge in [0, 0.05) is 44.6 Å². The molecule has 1 aromatic heterocycles. The summed E-state index contributed by atoms with van der Waals surface area (Å²) in [5, 5.41) is 0.410. The Bertz CT molecular complexity index is 714. The summed E-state index contributed by atoms with van der Waals surface area (Å²) in [5.41, 5.74) is 0. The normalized spacial score (nSPS) is 21.2. The van der Waals surface area contributed by atoms with Gasteiger partial charge in [0.1, 0.15) is 16.9 Å². The first kappa shape index (κ1) is 18.4. The molecule has 2 aliphatic rings. The highest BCUT2D eigenvalue weighted by molar-refractivity contribution is 6.38. The molecule has 0 bridgehead atoms. The number of likely N-dealkylation sites (N-methyl/N-ethyl adjacent to an activating group) is 1. The van der Waals surface area contributed by atoms with E-state index in [0.29, 0.717) is 37.0 Å². The third-order valence-corrected chi connectivity index (χ3v) is 4.88. The highest BCUT2D eigenvalue weighted by Gasteiger charge is 2.38. The van der Waals surface area contributed by atoms with E-state index in [9.17, 15) is 14.4 Å². The number of piperidine rings is 1. The fraction of sp³-hybridized carbons (Fsp3) is 0.529. The second-order valence-electron chi connectivity index (χ2n) is 6.26. The van der Waals surface area contributed by atoms with Gasteiger partial charge < -0.3 is 14.5 Å². The van der Waals surface area contributed by atoms with Gasteiger partial charge in [-0.15, -0.1) is 0 Å². The van der Waals surface area contributed by atoms with Crippen molar-refractivity contribution in [1.82, 2.24) is 19.7 Å². The SMILES string of the molecule is CCN1CCN(C(=O)N2CCC[C@H](Oc3ccncc3Cl)C2)C(=O)C1=O. The lowest BCUT2D eigenvalue weighted by atomic mass is 10.1. The Morgan fingerprint density at radius 3 is 2.85 bits per heavy atom. The predicted octanol–water partition coefficient (Wildman–Crippen LogP) is 1.39. The first-order valence-corrected chi connectivity index (χ1v) is 9.05. The quantitative estimate of drug-likeness (QED) is 0.740. The second-order valence-corrected chi connectivity index (χ2v) is 6.67. The minimum atomic E-state index is -0.761. The summed E-state index contributed by atoms with van der Waals surface area (Å²) in [6.45, 7) is 3.71. The van der Waals surface area contributed by atoms with E-state index in [1.54, 1.807) is 24.1 Å². The van der Waals surface area contributed by atoms with E-state index in [2.05, 4.69) is 4.98 Å². The molecule has 3 rings (SSSR count). The number of urea groups is 1. The van der Waals surface area contributed by atoms with Crippen molar-refractivity contribution in [1.29, 1.82) is 0 Å². The number of amides is 4. The second kappa shape index (κ2) is 7.90. The Balaban J connectivity index is 1.64. The molecule has 0 radical (unpaired) electrons. The summed E-state index contributed by atoms with van der Waals surface area (Å²) >= 11 is 6.06. The Kier molecular flexibility index (Phi) is 5.61. The van der Waals surface area contributed by atoms with E-state index < -0.39 is 17.8 Å². The van der Waals surface area contributed by atoms with Gasteiger partial charge in [0.05, 0.1) is 6.54 Å². The molecule has 2 aliphatic heterocycles. The number of piperazine rings is 1. The molecular weight excluding hydrogens is 360 g/mol. The van der Waals surface area contributed by atoms with Gasteiger partial charge in [-0.1, -0.05) is 11.6 Å². The van der Waals surface area contributed by atoms with Gasteiger partial charge in [0.25, 0.3) is 0 Å². The van der Waals surface area contributed by atoms with E-state index in [0.717, 1.165) is 17.7 Å². The zero-order valence-corrected chi connectivity index (χ0v) is 15.3. The number of hydrogen-bond acceptors (Lipinski definition) is 5. The number of carbonyl (C=O) groups is 3. The summed E-state index contributed by atoms with van der Waals surface area (Å²) in [5.74, 6) is -0.868. The topological polar surface area (TPSA) is 83.0 Å². The molecule has 2 fully saturated rings. The molecule has 9 heteroatoms. The van der Waals surface area contributed by atoms with E-state index in [1.807, 2.05) is 0 Å². The van der Waals surface area contributed by atoms with E-state index >= 15 is 0 Å². The van der Waals surface area contributed by atoms with Crippen molar-refractivity contribution in [3.8, 4) is 5.75 Å². The van der Waals surface area contributed by atoms with Gasteiger partial charge in [-0.25, -0.2) is 4.79 Å². The average molecular weight is 381 g/mol. The molecule has 26 heavy (non-hydrogen) atoms. The zero-order valence-electron chi connectivity index (χ0n) is 14.6. The Hall–Kier alpha value is -2.35. The molecule has 2 saturated heterocycles. The molecule has 1 atom stereocenters. The summed E-state index contributed by atoms with van der Waals surface area (Å²) in [7, 11) is 0. The number of rotatable bonds is 3. The number of aromatic nitrogens is 1. The van der Waals surface area contributed by atoms with Gasteiger partial charge >= 0.3 is 17.8 Å². The number of carbonyl (C=O) groups excluding carboxylic acids is 3. The van der Waals surface area contributed by atoms with Crippen LogP contribution in [0.25, 0.3) is 0 Å². The number of ether oxygens (including phenoxy) is 1. The van der Waals surface area contributed by atoms with E-state index in [-0.39, 0.29) is 12.6 Å². The standard InChI is InChI=1S/C17H21ClN4O4/c1-2-20-8-9-22(16(24)15(20)23)17(25)21-7-3-4-12(11-21)26-14-5-6-19-10-13(14)18/h5-6,10,12H,2-4,7-9,11H2,1H3/t12-/m0/s1. The first-order valence-electron chi connectivity index (χ1n) is 8.67. The maximum absolute atomic E-state index is 12.7. The fourth-order valence-electron chi connectivity index (χ4n) is 3.18. The maximum Gasteiger partial charge on any atom is 0.327 e. The summed E-state index contributed by atoms with van der Waals surface area (Å²) in [4.78, 5) is 44.9. The van der Waals surface area contributed by atoms with Crippen LogP contribution in [-0.2, 0) is 9.59 Å². The van der Waals surface area contributed by atoms with Crippen molar-refractivity contribution in [2.45, 2.75) is 25.9 Å². The largest absolute Gasteiger partial charge is 0.487 e. The molecular formula is C17H21ClN4O4. The van der Waals surface area contributed by atoms with Crippen LogP contribution in [0.1, 0.15) is 19.8 Å². The van der Waals surface area contributed by atoms with Crippen LogP contribution < -0.4 is 4.74 Å². The molecule has 3 heterocycles. The van der Waals surface area contributed by atoms with Gasteiger partial charge in [-0.3, -0.25) is 19.5 Å². The van der Waals surface area contributed by atoms with Crippen molar-refractivity contribution < 1.29 is 19.1 Å². The third-order valence-electron chi connectivity index (χ3n) is 4.60. The number of nitrogens with zero attached hydrogens (tertiary/aromatic N) is 4. The molecule has 1 aromatic rings. The number of pyridine rings is 1. The average Bonchev–Trinajstić information content (AvgIpc) is 2.65. The lowest BCUT2D eigenvalue weighted by molar-refractivity contribution is -0.154. The lowest BCUT2D eigenvalue weighted by Gasteiger charge is -2.38. The molecule has 0 unspecified atom stereocenters. The zero-order chi connectivity index (χ0) is 18.7. The van der Waals surface area contributed by atoms with Crippen LogP contribution >= 0.6 is 11.6 Å². The van der Waals surface area contributed by atoms with Crippen LogP contribution in [0.2, 0.25) is 5.02 Å². The van der Waals surface area contributed by atoms with E-state index in [1.165, 1.54) is 11.1 Å².